The van der Waals surface area contributed by atoms with Crippen molar-refractivity contribution in [2.75, 3.05) is 5.75 Å². The van der Waals surface area contributed by atoms with Crippen LogP contribution >= 0.6 is 0 Å². The van der Waals surface area contributed by atoms with Crippen molar-refractivity contribution in [2.24, 2.45) is 0 Å². The van der Waals surface area contributed by atoms with Crippen LogP contribution in [0.2, 0.25) is 0 Å². The Kier molecular flexibility index (Phi) is 3.67. The summed E-state index contributed by atoms with van der Waals surface area (Å²) in [5.74, 6) is 0.265. The molecule has 0 saturated heterocycles. The van der Waals surface area contributed by atoms with Crippen LogP contribution in [0.25, 0.3) is 0 Å². The molecular formula is C14H18O2S. The van der Waals surface area contributed by atoms with Gasteiger partial charge < -0.3 is 0 Å². The Morgan fingerprint density at radius 1 is 1.24 bits per heavy atom. The standard InChI is InChI=1S/C14H18O2S/c1-2-3-4-12-5-7-13(8-6-12)14-9-10-17(15,16)11-14/h5-10,14H,2-4,11H2,1H3. The van der Waals surface area contributed by atoms with Gasteiger partial charge in [-0.05, 0) is 24.0 Å². The molecule has 0 saturated carbocycles. The molecule has 0 aliphatic carbocycles. The molecule has 0 N–H and O–H groups in total. The monoisotopic (exact) mass is 250 g/mol. The number of hydrogen-bond acceptors (Lipinski definition) is 2. The Hall–Kier alpha value is -1.09. The number of benzene rings is 1. The summed E-state index contributed by atoms with van der Waals surface area (Å²) in [6, 6.07) is 8.34. The molecule has 0 aromatic heterocycles. The van der Waals surface area contributed by atoms with E-state index in [-0.39, 0.29) is 11.7 Å². The fourth-order valence-electron chi connectivity index (χ4n) is 2.10. The van der Waals surface area contributed by atoms with Gasteiger partial charge in [0.05, 0.1) is 5.75 Å². The van der Waals surface area contributed by atoms with E-state index in [1.807, 2.05) is 0 Å². The van der Waals surface area contributed by atoms with Crippen LogP contribution in [0.3, 0.4) is 0 Å². The van der Waals surface area contributed by atoms with Gasteiger partial charge in [-0.25, -0.2) is 8.42 Å². The first kappa shape index (κ1) is 12.4. The smallest absolute Gasteiger partial charge is 0.172 e. The molecule has 1 unspecified atom stereocenters. The molecule has 1 aromatic rings. The summed E-state index contributed by atoms with van der Waals surface area (Å²) in [5.41, 5.74) is 2.43. The maximum Gasteiger partial charge on any atom is 0.172 e. The van der Waals surface area contributed by atoms with Crippen molar-refractivity contribution in [3.63, 3.8) is 0 Å². The zero-order valence-electron chi connectivity index (χ0n) is 10.1. The minimum atomic E-state index is -2.95. The fraction of sp³-hybridized carbons (Fsp3) is 0.429. The van der Waals surface area contributed by atoms with E-state index in [0.717, 1.165) is 12.0 Å². The quantitative estimate of drug-likeness (QED) is 0.823. The molecule has 0 bridgehead atoms. The van der Waals surface area contributed by atoms with Gasteiger partial charge >= 0.3 is 0 Å². The van der Waals surface area contributed by atoms with Gasteiger partial charge in [-0.1, -0.05) is 43.7 Å². The highest BCUT2D eigenvalue weighted by atomic mass is 32.2. The van der Waals surface area contributed by atoms with E-state index in [0.29, 0.717) is 0 Å². The summed E-state index contributed by atoms with van der Waals surface area (Å²) >= 11 is 0. The van der Waals surface area contributed by atoms with Crippen molar-refractivity contribution in [3.05, 3.63) is 46.9 Å². The van der Waals surface area contributed by atoms with Gasteiger partial charge in [0.15, 0.2) is 9.84 Å². The molecule has 1 aromatic carbocycles. The molecule has 0 radical (unpaired) electrons. The molecule has 17 heavy (non-hydrogen) atoms. The number of allylic oxidation sites excluding steroid dienone is 1. The van der Waals surface area contributed by atoms with Crippen molar-refractivity contribution in [1.82, 2.24) is 0 Å². The highest BCUT2D eigenvalue weighted by Crippen LogP contribution is 2.26. The molecule has 1 atom stereocenters. The zero-order valence-corrected chi connectivity index (χ0v) is 10.9. The van der Waals surface area contributed by atoms with Gasteiger partial charge in [0.2, 0.25) is 0 Å². The summed E-state index contributed by atoms with van der Waals surface area (Å²) in [4.78, 5) is 0. The first-order chi connectivity index (χ1) is 8.11. The molecule has 0 spiro atoms. The Balaban J connectivity index is 2.06. The molecule has 1 aliphatic rings. The Bertz CT molecular complexity index is 498. The number of unbranched alkanes of at least 4 members (excludes halogenated alkanes) is 1. The van der Waals surface area contributed by atoms with Crippen molar-refractivity contribution >= 4 is 9.84 Å². The van der Waals surface area contributed by atoms with E-state index in [4.69, 9.17) is 0 Å². The summed E-state index contributed by atoms with van der Waals surface area (Å²) in [6.45, 7) is 2.18. The van der Waals surface area contributed by atoms with Crippen LogP contribution in [0.1, 0.15) is 36.8 Å². The predicted molar refractivity (Wildman–Crippen MR) is 70.7 cm³/mol. The maximum atomic E-state index is 11.3. The Morgan fingerprint density at radius 2 is 1.94 bits per heavy atom. The highest BCUT2D eigenvalue weighted by Gasteiger charge is 2.22. The molecule has 1 aliphatic heterocycles. The first-order valence-corrected chi connectivity index (χ1v) is 7.82. The van der Waals surface area contributed by atoms with Crippen molar-refractivity contribution < 1.29 is 8.42 Å². The van der Waals surface area contributed by atoms with Gasteiger partial charge in [-0.3, -0.25) is 0 Å². The topological polar surface area (TPSA) is 34.1 Å². The molecule has 2 rings (SSSR count). The average Bonchev–Trinajstić information content (AvgIpc) is 2.68. The van der Waals surface area contributed by atoms with Crippen molar-refractivity contribution in [3.8, 4) is 0 Å². The number of aryl methyl sites for hydroxylation is 1. The third-order valence-electron chi connectivity index (χ3n) is 3.16. The van der Waals surface area contributed by atoms with E-state index in [1.54, 1.807) is 6.08 Å². The average molecular weight is 250 g/mol. The Morgan fingerprint density at radius 3 is 2.47 bits per heavy atom. The van der Waals surface area contributed by atoms with Crippen molar-refractivity contribution in [1.29, 1.82) is 0 Å². The fourth-order valence-corrected chi connectivity index (χ4v) is 3.44. The van der Waals surface area contributed by atoms with Crippen LogP contribution in [0.4, 0.5) is 0 Å². The zero-order chi connectivity index (χ0) is 12.3. The molecule has 2 nitrogen and oxygen atoms in total. The normalized spacial score (nSPS) is 21.8. The third-order valence-corrected chi connectivity index (χ3v) is 4.55. The molecular weight excluding hydrogens is 232 g/mol. The molecule has 0 fully saturated rings. The van der Waals surface area contributed by atoms with E-state index in [9.17, 15) is 8.42 Å². The number of sulfone groups is 1. The second-order valence-corrected chi connectivity index (χ2v) is 6.54. The van der Waals surface area contributed by atoms with Crippen LogP contribution in [0.15, 0.2) is 35.7 Å². The van der Waals surface area contributed by atoms with Crippen molar-refractivity contribution in [2.45, 2.75) is 32.1 Å². The minimum Gasteiger partial charge on any atom is -0.224 e. The molecule has 92 valence electrons. The summed E-state index contributed by atoms with van der Waals surface area (Å²) < 4.78 is 22.7. The van der Waals surface area contributed by atoms with Gasteiger partial charge in [0.25, 0.3) is 0 Å². The lowest BCUT2D eigenvalue weighted by Crippen LogP contribution is -2.03. The summed E-state index contributed by atoms with van der Waals surface area (Å²) in [6.07, 6.45) is 5.30. The van der Waals surface area contributed by atoms with Gasteiger partial charge in [0.1, 0.15) is 0 Å². The van der Waals surface area contributed by atoms with E-state index < -0.39 is 9.84 Å². The van der Waals surface area contributed by atoms with Crippen LogP contribution < -0.4 is 0 Å². The van der Waals surface area contributed by atoms with Gasteiger partial charge in [-0.15, -0.1) is 0 Å². The Labute approximate surface area is 103 Å². The van der Waals surface area contributed by atoms with E-state index in [1.165, 1.54) is 23.8 Å². The van der Waals surface area contributed by atoms with E-state index >= 15 is 0 Å². The summed E-state index contributed by atoms with van der Waals surface area (Å²) in [7, 11) is -2.95. The third kappa shape index (κ3) is 3.19. The number of hydrogen-bond donors (Lipinski definition) is 0. The summed E-state index contributed by atoms with van der Waals surface area (Å²) in [5, 5.41) is 1.34. The highest BCUT2D eigenvalue weighted by molar-refractivity contribution is 7.94. The van der Waals surface area contributed by atoms with Crippen LogP contribution in [-0.4, -0.2) is 14.2 Å². The van der Waals surface area contributed by atoms with Gasteiger partial charge in [0, 0.05) is 11.3 Å². The van der Waals surface area contributed by atoms with Gasteiger partial charge in [-0.2, -0.15) is 0 Å². The van der Waals surface area contributed by atoms with Crippen LogP contribution in [-0.2, 0) is 16.3 Å². The lowest BCUT2D eigenvalue weighted by molar-refractivity contribution is 0.604. The lowest BCUT2D eigenvalue weighted by Gasteiger charge is -2.08. The minimum absolute atomic E-state index is 0.0419. The second-order valence-electron chi connectivity index (χ2n) is 4.61. The van der Waals surface area contributed by atoms with E-state index in [2.05, 4.69) is 31.2 Å². The first-order valence-electron chi connectivity index (χ1n) is 6.10. The molecule has 1 heterocycles. The predicted octanol–water partition coefficient (Wildman–Crippen LogP) is 3.05. The SMILES string of the molecule is CCCCc1ccc(C2C=CS(=O)(=O)C2)cc1. The molecule has 0 amide bonds. The second kappa shape index (κ2) is 5.05. The van der Waals surface area contributed by atoms with Crippen LogP contribution in [0.5, 0.6) is 0 Å². The van der Waals surface area contributed by atoms with Crippen LogP contribution in [0, 0.1) is 0 Å². The maximum absolute atomic E-state index is 11.3. The number of rotatable bonds is 4. The lowest BCUT2D eigenvalue weighted by atomic mass is 9.98. The molecule has 3 heteroatoms. The largest absolute Gasteiger partial charge is 0.224 e.